The Balaban J connectivity index is 2.68. The second-order valence-corrected chi connectivity index (χ2v) is 2.03. The minimum Gasteiger partial charge on any atom is -0.301 e. The SMILES string of the molecule is CC1C=CC(=N)C=C1. The summed E-state index contributed by atoms with van der Waals surface area (Å²) in [7, 11) is 0. The van der Waals surface area contributed by atoms with Gasteiger partial charge >= 0.3 is 0 Å². The van der Waals surface area contributed by atoms with Gasteiger partial charge in [0.2, 0.25) is 0 Å². The average molecular weight is 107 g/mol. The summed E-state index contributed by atoms with van der Waals surface area (Å²) in [6.45, 7) is 2.10. The Hall–Kier alpha value is -0.850. The molecule has 0 amide bonds. The monoisotopic (exact) mass is 107 g/mol. The fourth-order valence-corrected chi connectivity index (χ4v) is 0.631. The van der Waals surface area contributed by atoms with Crippen molar-refractivity contribution in [1.29, 1.82) is 5.41 Å². The summed E-state index contributed by atoms with van der Waals surface area (Å²) >= 11 is 0. The lowest BCUT2D eigenvalue weighted by Crippen LogP contribution is -1.94. The topological polar surface area (TPSA) is 23.9 Å². The van der Waals surface area contributed by atoms with Crippen LogP contribution in [-0.2, 0) is 0 Å². The number of allylic oxidation sites excluding steroid dienone is 4. The van der Waals surface area contributed by atoms with Gasteiger partial charge in [0, 0.05) is 0 Å². The summed E-state index contributed by atoms with van der Waals surface area (Å²) in [6.07, 6.45) is 7.68. The van der Waals surface area contributed by atoms with Crippen LogP contribution in [0.1, 0.15) is 6.92 Å². The number of nitrogens with one attached hydrogen (secondary N) is 1. The maximum Gasteiger partial charge on any atom is 0.0533 e. The van der Waals surface area contributed by atoms with Gasteiger partial charge in [0.1, 0.15) is 0 Å². The van der Waals surface area contributed by atoms with Crippen LogP contribution in [0.3, 0.4) is 0 Å². The van der Waals surface area contributed by atoms with Crippen molar-refractivity contribution >= 4 is 5.71 Å². The first-order valence-electron chi connectivity index (χ1n) is 2.74. The fourth-order valence-electron chi connectivity index (χ4n) is 0.631. The van der Waals surface area contributed by atoms with Crippen molar-refractivity contribution in [2.45, 2.75) is 6.92 Å². The predicted octanol–water partition coefficient (Wildman–Crippen LogP) is 1.77. The highest BCUT2D eigenvalue weighted by Gasteiger charge is 1.95. The van der Waals surface area contributed by atoms with Crippen molar-refractivity contribution in [1.82, 2.24) is 0 Å². The highest BCUT2D eigenvalue weighted by molar-refractivity contribution is 6.02. The molecule has 8 heavy (non-hydrogen) atoms. The van der Waals surface area contributed by atoms with Crippen LogP contribution in [0.4, 0.5) is 0 Å². The predicted molar refractivity (Wildman–Crippen MR) is 35.2 cm³/mol. The second kappa shape index (κ2) is 1.95. The van der Waals surface area contributed by atoms with Crippen LogP contribution in [0.2, 0.25) is 0 Å². The zero-order chi connectivity index (χ0) is 5.98. The molecule has 1 heteroatoms. The van der Waals surface area contributed by atoms with E-state index in [1.807, 2.05) is 24.3 Å². The van der Waals surface area contributed by atoms with Crippen molar-refractivity contribution in [3.8, 4) is 0 Å². The molecule has 0 atom stereocenters. The highest BCUT2D eigenvalue weighted by atomic mass is 14.4. The first-order chi connectivity index (χ1) is 3.79. The Bertz CT molecular complexity index is 138. The third kappa shape index (κ3) is 1.06. The lowest BCUT2D eigenvalue weighted by molar-refractivity contribution is 0.936. The normalized spacial score (nSPS) is 26.6. The van der Waals surface area contributed by atoms with Gasteiger partial charge in [-0.25, -0.2) is 0 Å². The molecule has 1 nitrogen and oxygen atoms in total. The maximum absolute atomic E-state index is 7.10. The Kier molecular flexibility index (Phi) is 1.29. The van der Waals surface area contributed by atoms with E-state index in [-0.39, 0.29) is 0 Å². The van der Waals surface area contributed by atoms with Crippen LogP contribution < -0.4 is 0 Å². The highest BCUT2D eigenvalue weighted by Crippen LogP contribution is 2.04. The maximum atomic E-state index is 7.10. The minimum absolute atomic E-state index is 0.518. The van der Waals surface area contributed by atoms with E-state index in [1.165, 1.54) is 0 Å². The van der Waals surface area contributed by atoms with E-state index < -0.39 is 0 Å². The summed E-state index contributed by atoms with van der Waals surface area (Å²) in [5.41, 5.74) is 0.600. The summed E-state index contributed by atoms with van der Waals surface area (Å²) in [5, 5.41) is 7.10. The lowest BCUT2D eigenvalue weighted by atomic mass is 10.1. The standard InChI is InChI=1S/C7H9N/c1-6-2-4-7(8)5-3-6/h2-6,8H,1H3. The van der Waals surface area contributed by atoms with Gasteiger partial charge in [-0.15, -0.1) is 0 Å². The van der Waals surface area contributed by atoms with Gasteiger partial charge in [-0.3, -0.25) is 0 Å². The third-order valence-corrected chi connectivity index (χ3v) is 1.16. The van der Waals surface area contributed by atoms with Gasteiger partial charge in [-0.1, -0.05) is 19.1 Å². The van der Waals surface area contributed by atoms with Crippen molar-refractivity contribution < 1.29 is 0 Å². The smallest absolute Gasteiger partial charge is 0.0533 e. The van der Waals surface area contributed by atoms with Gasteiger partial charge in [-0.2, -0.15) is 0 Å². The molecule has 0 heterocycles. The fraction of sp³-hybridized carbons (Fsp3) is 0.286. The largest absolute Gasteiger partial charge is 0.301 e. The van der Waals surface area contributed by atoms with Crippen LogP contribution in [-0.4, -0.2) is 5.71 Å². The number of rotatable bonds is 0. The van der Waals surface area contributed by atoms with E-state index in [0.29, 0.717) is 11.6 Å². The Labute approximate surface area is 49.2 Å². The van der Waals surface area contributed by atoms with Gasteiger partial charge in [-0.05, 0) is 18.1 Å². The molecule has 0 bridgehead atoms. The quantitative estimate of drug-likeness (QED) is 0.487. The summed E-state index contributed by atoms with van der Waals surface area (Å²) in [6, 6.07) is 0. The van der Waals surface area contributed by atoms with Crippen molar-refractivity contribution in [3.63, 3.8) is 0 Å². The molecule has 0 fully saturated rings. The molecule has 0 aliphatic heterocycles. The van der Waals surface area contributed by atoms with Crippen molar-refractivity contribution in [2.24, 2.45) is 5.92 Å². The van der Waals surface area contributed by atoms with Gasteiger partial charge in [0.25, 0.3) is 0 Å². The Morgan fingerprint density at radius 1 is 1.38 bits per heavy atom. The first kappa shape index (κ1) is 5.29. The minimum atomic E-state index is 0.518. The molecule has 1 aliphatic carbocycles. The summed E-state index contributed by atoms with van der Waals surface area (Å²) in [5.74, 6) is 0.518. The molecule has 0 spiro atoms. The third-order valence-electron chi connectivity index (χ3n) is 1.16. The van der Waals surface area contributed by atoms with E-state index in [1.54, 1.807) is 0 Å². The van der Waals surface area contributed by atoms with E-state index in [9.17, 15) is 0 Å². The van der Waals surface area contributed by atoms with Gasteiger partial charge in [0.15, 0.2) is 0 Å². The first-order valence-corrected chi connectivity index (χ1v) is 2.74. The Morgan fingerprint density at radius 2 is 1.88 bits per heavy atom. The van der Waals surface area contributed by atoms with E-state index in [2.05, 4.69) is 6.92 Å². The van der Waals surface area contributed by atoms with E-state index in [0.717, 1.165) is 0 Å². The molecule has 0 unspecified atom stereocenters. The molecule has 0 saturated carbocycles. The second-order valence-electron chi connectivity index (χ2n) is 2.03. The molecule has 0 saturated heterocycles. The molecule has 42 valence electrons. The lowest BCUT2D eigenvalue weighted by Gasteiger charge is -2.01. The molecule has 1 aliphatic rings. The molecule has 0 radical (unpaired) electrons. The van der Waals surface area contributed by atoms with Crippen LogP contribution >= 0.6 is 0 Å². The molecular formula is C7H9N. The molecule has 1 rings (SSSR count). The zero-order valence-corrected chi connectivity index (χ0v) is 4.89. The van der Waals surface area contributed by atoms with E-state index in [4.69, 9.17) is 5.41 Å². The van der Waals surface area contributed by atoms with Crippen LogP contribution in [0, 0.1) is 11.3 Å². The summed E-state index contributed by atoms with van der Waals surface area (Å²) < 4.78 is 0. The molecule has 1 N–H and O–H groups in total. The summed E-state index contributed by atoms with van der Waals surface area (Å²) in [4.78, 5) is 0. The van der Waals surface area contributed by atoms with Crippen LogP contribution in [0.25, 0.3) is 0 Å². The van der Waals surface area contributed by atoms with E-state index >= 15 is 0 Å². The molecule has 0 aromatic rings. The Morgan fingerprint density at radius 3 is 2.25 bits per heavy atom. The number of hydrogen-bond donors (Lipinski definition) is 1. The van der Waals surface area contributed by atoms with Gasteiger partial charge in [0.05, 0.1) is 5.71 Å². The molecular weight excluding hydrogens is 98.1 g/mol. The molecule has 0 aromatic carbocycles. The average Bonchev–Trinajstić information content (AvgIpc) is 1.77. The zero-order valence-electron chi connectivity index (χ0n) is 4.89. The van der Waals surface area contributed by atoms with Crippen molar-refractivity contribution in [3.05, 3.63) is 24.3 Å². The number of hydrogen-bond acceptors (Lipinski definition) is 1. The van der Waals surface area contributed by atoms with Gasteiger partial charge < -0.3 is 5.41 Å². The molecule has 0 aromatic heterocycles. The van der Waals surface area contributed by atoms with Crippen molar-refractivity contribution in [2.75, 3.05) is 0 Å². The van der Waals surface area contributed by atoms with Crippen LogP contribution in [0.5, 0.6) is 0 Å². The van der Waals surface area contributed by atoms with Crippen LogP contribution in [0.15, 0.2) is 24.3 Å².